The maximum absolute atomic E-state index is 13.2. The Hall–Kier alpha value is -2.30. The Morgan fingerprint density at radius 3 is 2.48 bits per heavy atom. The lowest BCUT2D eigenvalue weighted by atomic mass is 10.1. The number of nitrogens with zero attached hydrogens (tertiary/aromatic N) is 2. The number of aromatic amines is 1. The number of imidazole rings is 1. The number of nitrogens with one attached hydrogen (secondary N) is 2. The van der Waals surface area contributed by atoms with Crippen molar-refractivity contribution in [3.8, 4) is 0 Å². The molecule has 0 atom stereocenters. The number of H-pyrrole nitrogens is 1. The number of carbonyl (C=O) groups is 1. The van der Waals surface area contributed by atoms with E-state index in [0.29, 0.717) is 32.1 Å². The highest BCUT2D eigenvalue weighted by molar-refractivity contribution is 5.81. The molecular formula is C16H16F6N4O. The van der Waals surface area contributed by atoms with Gasteiger partial charge in [-0.25, -0.2) is 4.98 Å². The summed E-state index contributed by atoms with van der Waals surface area (Å²) in [7, 11) is 0. The molecule has 0 unspecified atom stereocenters. The number of carbonyl (C=O) groups excluding carboxylic acids is 1. The predicted octanol–water partition coefficient (Wildman–Crippen LogP) is 2.96. The second-order valence-electron chi connectivity index (χ2n) is 6.26. The highest BCUT2D eigenvalue weighted by Gasteiger charge is 2.39. The number of benzene rings is 1. The molecule has 1 aromatic carbocycles. The molecule has 2 N–H and O–H groups in total. The first kappa shape index (κ1) is 19.5. The van der Waals surface area contributed by atoms with E-state index in [2.05, 4.69) is 15.3 Å². The van der Waals surface area contributed by atoms with Crippen LogP contribution in [0.1, 0.15) is 23.4 Å². The fraction of sp³-hybridized carbons (Fsp3) is 0.500. The molecule has 0 radical (unpaired) electrons. The molecule has 0 saturated carbocycles. The Labute approximate surface area is 149 Å². The highest BCUT2D eigenvalue weighted by atomic mass is 19.4. The number of hydrogen-bond donors (Lipinski definition) is 2. The lowest BCUT2D eigenvalue weighted by Crippen LogP contribution is -2.48. The number of amides is 1. The van der Waals surface area contributed by atoms with E-state index in [4.69, 9.17) is 0 Å². The van der Waals surface area contributed by atoms with Gasteiger partial charge in [0.05, 0.1) is 28.7 Å². The van der Waals surface area contributed by atoms with Crippen LogP contribution >= 0.6 is 0 Å². The third-order valence-corrected chi connectivity index (χ3v) is 4.30. The Bertz CT molecular complexity index is 842. The molecule has 3 rings (SSSR count). The minimum atomic E-state index is -4.95. The summed E-state index contributed by atoms with van der Waals surface area (Å²) in [5.74, 6) is 0.0810. The molecule has 1 amide bonds. The molecule has 2 heterocycles. The van der Waals surface area contributed by atoms with Gasteiger partial charge in [0.15, 0.2) is 0 Å². The van der Waals surface area contributed by atoms with Crippen LogP contribution in [0.3, 0.4) is 0 Å². The SMILES string of the molecule is O=C1CNCCN1CCCc1nc2cc(C(F)(F)F)cc(C(F)(F)F)c2[nH]1. The Kier molecular flexibility index (Phi) is 5.06. The van der Waals surface area contributed by atoms with Crippen molar-refractivity contribution in [1.82, 2.24) is 20.2 Å². The van der Waals surface area contributed by atoms with Crippen molar-refractivity contribution in [2.45, 2.75) is 25.2 Å². The summed E-state index contributed by atoms with van der Waals surface area (Å²) in [5.41, 5.74) is -3.65. The topological polar surface area (TPSA) is 61.0 Å². The molecule has 0 bridgehead atoms. The maximum Gasteiger partial charge on any atom is 0.418 e. The van der Waals surface area contributed by atoms with Crippen LogP contribution in [0.15, 0.2) is 12.1 Å². The summed E-state index contributed by atoms with van der Waals surface area (Å²) < 4.78 is 78.2. The van der Waals surface area contributed by atoms with Crippen molar-refractivity contribution >= 4 is 16.9 Å². The molecule has 1 saturated heterocycles. The van der Waals surface area contributed by atoms with Crippen molar-refractivity contribution in [2.24, 2.45) is 0 Å². The lowest BCUT2D eigenvalue weighted by molar-refractivity contribution is -0.142. The van der Waals surface area contributed by atoms with Crippen LogP contribution in [0.2, 0.25) is 0 Å². The monoisotopic (exact) mass is 394 g/mol. The van der Waals surface area contributed by atoms with E-state index >= 15 is 0 Å². The van der Waals surface area contributed by atoms with Gasteiger partial charge in [0.25, 0.3) is 0 Å². The average Bonchev–Trinajstić information content (AvgIpc) is 2.96. The standard InChI is InChI=1S/C16H16F6N4O/c17-15(18,19)9-6-10(16(20,21)22)14-11(7-9)24-12(25-14)2-1-4-26-5-3-23-8-13(26)27/h6-7,23H,1-5,8H2,(H,24,25). The number of fused-ring (bicyclic) bond motifs is 1. The largest absolute Gasteiger partial charge is 0.418 e. The molecule has 0 spiro atoms. The van der Waals surface area contributed by atoms with Crippen molar-refractivity contribution in [3.63, 3.8) is 0 Å². The van der Waals surface area contributed by atoms with Gasteiger partial charge in [-0.3, -0.25) is 4.79 Å². The van der Waals surface area contributed by atoms with Gasteiger partial charge in [-0.15, -0.1) is 0 Å². The Balaban J connectivity index is 1.82. The Morgan fingerprint density at radius 1 is 1.11 bits per heavy atom. The number of hydrogen-bond acceptors (Lipinski definition) is 3. The van der Waals surface area contributed by atoms with E-state index in [1.807, 2.05) is 0 Å². The van der Waals surface area contributed by atoms with E-state index < -0.39 is 29.0 Å². The molecule has 2 aromatic rings. The van der Waals surface area contributed by atoms with Crippen LogP contribution < -0.4 is 5.32 Å². The summed E-state index contributed by atoms with van der Waals surface area (Å²) in [5, 5.41) is 2.92. The second-order valence-corrected chi connectivity index (χ2v) is 6.26. The van der Waals surface area contributed by atoms with E-state index in [-0.39, 0.29) is 36.3 Å². The number of piperazine rings is 1. The molecule has 0 aliphatic carbocycles. The van der Waals surface area contributed by atoms with Crippen LogP contribution in [0.4, 0.5) is 26.3 Å². The van der Waals surface area contributed by atoms with Crippen molar-refractivity contribution in [2.75, 3.05) is 26.2 Å². The summed E-state index contributed by atoms with van der Waals surface area (Å²) in [4.78, 5) is 19.7. The fourth-order valence-electron chi connectivity index (χ4n) is 2.99. The molecule has 11 heteroatoms. The molecule has 148 valence electrons. The quantitative estimate of drug-likeness (QED) is 0.784. The minimum Gasteiger partial charge on any atom is -0.341 e. The van der Waals surface area contributed by atoms with Gasteiger partial charge in [0.2, 0.25) is 5.91 Å². The number of rotatable bonds is 4. The molecule has 5 nitrogen and oxygen atoms in total. The van der Waals surface area contributed by atoms with Crippen molar-refractivity contribution < 1.29 is 31.1 Å². The number of aromatic nitrogens is 2. The highest BCUT2D eigenvalue weighted by Crippen LogP contribution is 2.39. The molecule has 1 aromatic heterocycles. The van der Waals surface area contributed by atoms with Gasteiger partial charge in [-0.2, -0.15) is 26.3 Å². The number of halogens is 6. The van der Waals surface area contributed by atoms with Gasteiger partial charge in [-0.05, 0) is 18.6 Å². The zero-order valence-corrected chi connectivity index (χ0v) is 14.0. The number of aryl methyl sites for hydroxylation is 1. The predicted molar refractivity (Wildman–Crippen MR) is 83.9 cm³/mol. The van der Waals surface area contributed by atoms with Gasteiger partial charge in [-0.1, -0.05) is 0 Å². The van der Waals surface area contributed by atoms with Crippen LogP contribution in [0.25, 0.3) is 11.0 Å². The molecule has 1 aliphatic heterocycles. The summed E-state index contributed by atoms with van der Waals surface area (Å²) in [6, 6.07) is 0.689. The van der Waals surface area contributed by atoms with Crippen molar-refractivity contribution in [3.05, 3.63) is 29.1 Å². The van der Waals surface area contributed by atoms with Crippen LogP contribution in [0, 0.1) is 0 Å². The zero-order chi connectivity index (χ0) is 19.8. The average molecular weight is 394 g/mol. The van der Waals surface area contributed by atoms with Gasteiger partial charge >= 0.3 is 12.4 Å². The Morgan fingerprint density at radius 2 is 1.85 bits per heavy atom. The van der Waals surface area contributed by atoms with Gasteiger partial charge in [0.1, 0.15) is 5.82 Å². The third-order valence-electron chi connectivity index (χ3n) is 4.30. The minimum absolute atomic E-state index is 0.0694. The smallest absolute Gasteiger partial charge is 0.341 e. The van der Waals surface area contributed by atoms with E-state index in [1.54, 1.807) is 4.90 Å². The first-order chi connectivity index (χ1) is 12.6. The lowest BCUT2D eigenvalue weighted by Gasteiger charge is -2.27. The van der Waals surface area contributed by atoms with E-state index in [9.17, 15) is 31.1 Å². The van der Waals surface area contributed by atoms with Crippen molar-refractivity contribution in [1.29, 1.82) is 0 Å². The summed E-state index contributed by atoms with van der Waals surface area (Å²) in [6.07, 6.45) is -9.21. The van der Waals surface area contributed by atoms with Gasteiger partial charge < -0.3 is 15.2 Å². The number of alkyl halides is 6. The molecule has 1 aliphatic rings. The summed E-state index contributed by atoms with van der Waals surface area (Å²) in [6.45, 7) is 1.83. The van der Waals surface area contributed by atoms with Crippen LogP contribution in [0.5, 0.6) is 0 Å². The van der Waals surface area contributed by atoms with Gasteiger partial charge in [0, 0.05) is 26.1 Å². The van der Waals surface area contributed by atoms with E-state index in [0.717, 1.165) is 0 Å². The molecular weight excluding hydrogens is 378 g/mol. The molecule has 1 fully saturated rings. The normalized spacial score (nSPS) is 16.4. The second kappa shape index (κ2) is 7.02. The van der Waals surface area contributed by atoms with Crippen LogP contribution in [-0.4, -0.2) is 47.0 Å². The summed E-state index contributed by atoms with van der Waals surface area (Å²) >= 11 is 0. The third kappa shape index (κ3) is 4.34. The fourth-order valence-corrected chi connectivity index (χ4v) is 2.99. The van der Waals surface area contributed by atoms with Crippen LogP contribution in [-0.2, 0) is 23.6 Å². The first-order valence-electron chi connectivity index (χ1n) is 8.21. The van der Waals surface area contributed by atoms with E-state index in [1.165, 1.54) is 0 Å². The maximum atomic E-state index is 13.2. The first-order valence-corrected chi connectivity index (χ1v) is 8.21. The molecule has 27 heavy (non-hydrogen) atoms. The zero-order valence-electron chi connectivity index (χ0n) is 14.0.